The summed E-state index contributed by atoms with van der Waals surface area (Å²) in [6.07, 6.45) is 8.02. The Bertz CT molecular complexity index is 470. The van der Waals surface area contributed by atoms with E-state index in [2.05, 4.69) is 39.8 Å². The highest BCUT2D eigenvalue weighted by molar-refractivity contribution is 5.84. The molecule has 0 bridgehead atoms. The van der Waals surface area contributed by atoms with Crippen LogP contribution in [-0.4, -0.2) is 5.78 Å². The van der Waals surface area contributed by atoms with E-state index in [-0.39, 0.29) is 0 Å². The summed E-state index contributed by atoms with van der Waals surface area (Å²) in [6.45, 7) is 8.67. The minimum atomic E-state index is 0.318. The molecule has 1 saturated carbocycles. The number of rotatable bonds is 5. The van der Waals surface area contributed by atoms with Crippen LogP contribution in [-0.2, 0) is 11.2 Å². The van der Waals surface area contributed by atoms with E-state index in [0.29, 0.717) is 18.1 Å². The maximum atomic E-state index is 12.6. The van der Waals surface area contributed by atoms with Crippen LogP contribution in [0.1, 0.15) is 67.7 Å². The highest BCUT2D eigenvalue weighted by atomic mass is 16.1. The number of benzene rings is 1. The molecule has 0 atom stereocenters. The summed E-state index contributed by atoms with van der Waals surface area (Å²) in [4.78, 5) is 12.6. The third-order valence-electron chi connectivity index (χ3n) is 5.19. The van der Waals surface area contributed by atoms with E-state index in [4.69, 9.17) is 0 Å². The van der Waals surface area contributed by atoms with Crippen LogP contribution >= 0.6 is 0 Å². The highest BCUT2D eigenvalue weighted by Crippen LogP contribution is 2.33. The molecule has 2 rings (SSSR count). The fourth-order valence-corrected chi connectivity index (χ4v) is 3.99. The van der Waals surface area contributed by atoms with Crippen molar-refractivity contribution in [3.05, 3.63) is 34.4 Å². The van der Waals surface area contributed by atoms with Gasteiger partial charge in [-0.05, 0) is 69.1 Å². The van der Waals surface area contributed by atoms with Gasteiger partial charge in [0.1, 0.15) is 5.78 Å². The lowest BCUT2D eigenvalue weighted by Crippen LogP contribution is -2.23. The van der Waals surface area contributed by atoms with E-state index in [1.807, 2.05) is 0 Å². The molecule has 0 radical (unpaired) electrons. The second kappa shape index (κ2) is 7.24. The molecule has 1 aliphatic rings. The number of aryl methyl sites for hydroxylation is 3. The molecule has 1 aliphatic carbocycles. The number of carbonyl (C=O) groups excluding carboxylic acids is 1. The van der Waals surface area contributed by atoms with Crippen LogP contribution in [0.3, 0.4) is 0 Å². The molecular weight excluding hydrogens is 256 g/mol. The van der Waals surface area contributed by atoms with Crippen LogP contribution in [0.15, 0.2) is 12.1 Å². The van der Waals surface area contributed by atoms with Gasteiger partial charge in [-0.1, -0.05) is 37.5 Å². The molecule has 0 heterocycles. The molecule has 0 aromatic heterocycles. The minimum absolute atomic E-state index is 0.318. The molecule has 21 heavy (non-hydrogen) atoms. The summed E-state index contributed by atoms with van der Waals surface area (Å²) in [5, 5.41) is 0. The molecule has 1 nitrogen and oxygen atoms in total. The van der Waals surface area contributed by atoms with Crippen molar-refractivity contribution >= 4 is 5.78 Å². The van der Waals surface area contributed by atoms with Crippen molar-refractivity contribution in [1.82, 2.24) is 0 Å². The van der Waals surface area contributed by atoms with Gasteiger partial charge in [0.2, 0.25) is 0 Å². The number of hydrogen-bond acceptors (Lipinski definition) is 1. The zero-order chi connectivity index (χ0) is 15.4. The Kier molecular flexibility index (Phi) is 5.61. The van der Waals surface area contributed by atoms with Crippen molar-refractivity contribution in [3.8, 4) is 0 Å². The molecule has 0 saturated heterocycles. The number of Topliss-reactive ketones (excluding diaryl/α,β-unsaturated/α-hetero) is 1. The lowest BCUT2D eigenvalue weighted by Gasteiger charge is -2.27. The third kappa shape index (κ3) is 4.18. The molecular formula is C20H30O. The second-order valence-corrected chi connectivity index (χ2v) is 7.03. The van der Waals surface area contributed by atoms with Gasteiger partial charge in [-0.3, -0.25) is 4.79 Å². The minimum Gasteiger partial charge on any atom is -0.299 e. The highest BCUT2D eigenvalue weighted by Gasteiger charge is 2.26. The van der Waals surface area contributed by atoms with Crippen molar-refractivity contribution < 1.29 is 4.79 Å². The quantitative estimate of drug-likeness (QED) is 0.715. The van der Waals surface area contributed by atoms with Crippen LogP contribution in [0.4, 0.5) is 0 Å². The van der Waals surface area contributed by atoms with Crippen molar-refractivity contribution in [1.29, 1.82) is 0 Å². The van der Waals surface area contributed by atoms with Crippen LogP contribution in [0, 0.1) is 32.6 Å². The van der Waals surface area contributed by atoms with E-state index in [9.17, 15) is 4.79 Å². The zero-order valence-electron chi connectivity index (χ0n) is 14.2. The van der Waals surface area contributed by atoms with Gasteiger partial charge in [-0.25, -0.2) is 0 Å². The normalized spacial score (nSPS) is 22.3. The number of carbonyl (C=O) groups is 1. The standard InChI is InChI=1S/C20H30O/c1-5-6-17-7-9-18(10-8-17)20(21)13-19-15(3)11-14(2)12-16(19)4/h11-12,17-18H,5-10,13H2,1-4H3. The summed E-state index contributed by atoms with van der Waals surface area (Å²) in [5.74, 6) is 1.67. The first-order chi connectivity index (χ1) is 10.0. The van der Waals surface area contributed by atoms with Crippen molar-refractivity contribution in [2.75, 3.05) is 0 Å². The molecule has 0 amide bonds. The Hall–Kier alpha value is -1.11. The predicted octanol–water partition coefficient (Wildman–Crippen LogP) is 5.33. The molecule has 1 fully saturated rings. The Morgan fingerprint density at radius 1 is 1.05 bits per heavy atom. The molecule has 1 heteroatoms. The summed E-state index contributed by atoms with van der Waals surface area (Å²) in [6, 6.07) is 4.40. The van der Waals surface area contributed by atoms with Crippen LogP contribution in [0.25, 0.3) is 0 Å². The lowest BCUT2D eigenvalue weighted by molar-refractivity contribution is -0.123. The van der Waals surface area contributed by atoms with E-state index in [0.717, 1.165) is 18.8 Å². The van der Waals surface area contributed by atoms with Crippen LogP contribution in [0.2, 0.25) is 0 Å². The maximum absolute atomic E-state index is 12.6. The molecule has 1 aromatic rings. The van der Waals surface area contributed by atoms with Gasteiger partial charge in [-0.15, -0.1) is 0 Å². The van der Waals surface area contributed by atoms with Gasteiger partial charge >= 0.3 is 0 Å². The maximum Gasteiger partial charge on any atom is 0.140 e. The summed E-state index contributed by atoms with van der Waals surface area (Å²) < 4.78 is 0. The monoisotopic (exact) mass is 286 g/mol. The van der Waals surface area contributed by atoms with Crippen molar-refractivity contribution in [2.24, 2.45) is 11.8 Å². The van der Waals surface area contributed by atoms with Crippen LogP contribution in [0.5, 0.6) is 0 Å². The molecule has 0 spiro atoms. The second-order valence-electron chi connectivity index (χ2n) is 7.03. The summed E-state index contributed by atoms with van der Waals surface area (Å²) in [5.41, 5.74) is 5.11. The van der Waals surface area contributed by atoms with Crippen molar-refractivity contribution in [3.63, 3.8) is 0 Å². The Morgan fingerprint density at radius 3 is 2.14 bits per heavy atom. The molecule has 0 N–H and O–H groups in total. The van der Waals surface area contributed by atoms with Crippen LogP contribution < -0.4 is 0 Å². The fraction of sp³-hybridized carbons (Fsp3) is 0.650. The largest absolute Gasteiger partial charge is 0.299 e. The lowest BCUT2D eigenvalue weighted by atomic mass is 9.77. The van der Waals surface area contributed by atoms with Gasteiger partial charge in [0.05, 0.1) is 0 Å². The van der Waals surface area contributed by atoms with Crippen molar-refractivity contribution in [2.45, 2.75) is 72.6 Å². The molecule has 116 valence electrons. The smallest absolute Gasteiger partial charge is 0.140 e. The fourth-order valence-electron chi connectivity index (χ4n) is 3.99. The molecule has 0 unspecified atom stereocenters. The van der Waals surface area contributed by atoms with Gasteiger partial charge in [0.25, 0.3) is 0 Å². The van der Waals surface area contributed by atoms with Gasteiger partial charge < -0.3 is 0 Å². The topological polar surface area (TPSA) is 17.1 Å². The van der Waals surface area contributed by atoms with Gasteiger partial charge in [0.15, 0.2) is 0 Å². The van der Waals surface area contributed by atoms with Gasteiger partial charge in [0, 0.05) is 12.3 Å². The SMILES string of the molecule is CCCC1CCC(C(=O)Cc2c(C)cc(C)cc2C)CC1. The Balaban J connectivity index is 1.97. The first-order valence-corrected chi connectivity index (χ1v) is 8.60. The predicted molar refractivity (Wildman–Crippen MR) is 89.7 cm³/mol. The summed E-state index contributed by atoms with van der Waals surface area (Å²) >= 11 is 0. The van der Waals surface area contributed by atoms with E-state index < -0.39 is 0 Å². The number of ketones is 1. The first-order valence-electron chi connectivity index (χ1n) is 8.60. The first kappa shape index (κ1) is 16.3. The Morgan fingerprint density at radius 2 is 1.62 bits per heavy atom. The number of hydrogen-bond donors (Lipinski definition) is 0. The van der Waals surface area contributed by atoms with Gasteiger partial charge in [-0.2, -0.15) is 0 Å². The molecule has 1 aromatic carbocycles. The third-order valence-corrected chi connectivity index (χ3v) is 5.19. The van der Waals surface area contributed by atoms with E-state index >= 15 is 0 Å². The average Bonchev–Trinajstić information content (AvgIpc) is 2.43. The Labute approximate surface area is 130 Å². The van der Waals surface area contributed by atoms with E-state index in [1.165, 1.54) is 47.9 Å². The van der Waals surface area contributed by atoms with E-state index in [1.54, 1.807) is 0 Å². The summed E-state index contributed by atoms with van der Waals surface area (Å²) in [7, 11) is 0. The average molecular weight is 286 g/mol. The molecule has 0 aliphatic heterocycles. The zero-order valence-corrected chi connectivity index (χ0v) is 14.2.